The van der Waals surface area contributed by atoms with Crippen LogP contribution < -0.4 is 10.6 Å². The molecule has 1 heterocycles. The molecular formula is C15H19ClN4O. The summed E-state index contributed by atoms with van der Waals surface area (Å²) >= 11 is 6.04. The fourth-order valence-electron chi connectivity index (χ4n) is 2.02. The zero-order valence-corrected chi connectivity index (χ0v) is 13.1. The third-order valence-electron chi connectivity index (χ3n) is 3.14. The van der Waals surface area contributed by atoms with E-state index in [4.69, 9.17) is 11.6 Å². The number of carbonyl (C=O) groups excluding carboxylic acids is 1. The van der Waals surface area contributed by atoms with Crippen molar-refractivity contribution in [2.75, 3.05) is 11.9 Å². The third kappa shape index (κ3) is 3.62. The van der Waals surface area contributed by atoms with Gasteiger partial charge in [-0.1, -0.05) is 18.5 Å². The number of nitrogens with zero attached hydrogens (tertiary/aromatic N) is 2. The second kappa shape index (κ2) is 6.28. The number of anilines is 1. The smallest absolute Gasteiger partial charge is 0.244 e. The van der Waals surface area contributed by atoms with Crippen LogP contribution in [0.2, 0.25) is 5.02 Å². The van der Waals surface area contributed by atoms with E-state index in [2.05, 4.69) is 15.7 Å². The van der Waals surface area contributed by atoms with E-state index in [1.807, 2.05) is 39.1 Å². The Labute approximate surface area is 129 Å². The molecule has 0 radical (unpaired) electrons. The molecule has 6 heteroatoms. The zero-order chi connectivity index (χ0) is 15.5. The Hall–Kier alpha value is -1.85. The summed E-state index contributed by atoms with van der Waals surface area (Å²) in [4.78, 5) is 12.4. The first-order valence-electron chi connectivity index (χ1n) is 6.80. The Morgan fingerprint density at radius 3 is 2.81 bits per heavy atom. The summed E-state index contributed by atoms with van der Waals surface area (Å²) < 4.78 is 1.69. The highest BCUT2D eigenvalue weighted by molar-refractivity contribution is 6.31. The Balaban J connectivity index is 2.31. The highest BCUT2D eigenvalue weighted by Crippen LogP contribution is 2.25. The number of hydrogen-bond donors (Lipinski definition) is 2. The van der Waals surface area contributed by atoms with Gasteiger partial charge < -0.3 is 10.6 Å². The number of carbonyl (C=O) groups is 1. The van der Waals surface area contributed by atoms with Crippen LogP contribution in [-0.2, 0) is 4.79 Å². The predicted molar refractivity (Wildman–Crippen MR) is 85.0 cm³/mol. The van der Waals surface area contributed by atoms with Crippen LogP contribution in [0.5, 0.6) is 0 Å². The van der Waals surface area contributed by atoms with Crippen molar-refractivity contribution >= 4 is 23.2 Å². The van der Waals surface area contributed by atoms with Crippen LogP contribution in [0.1, 0.15) is 20.8 Å². The highest BCUT2D eigenvalue weighted by Gasteiger charge is 2.27. The van der Waals surface area contributed by atoms with Crippen LogP contribution in [0.25, 0.3) is 5.69 Å². The monoisotopic (exact) mass is 306 g/mol. The maximum absolute atomic E-state index is 12.4. The highest BCUT2D eigenvalue weighted by atomic mass is 35.5. The van der Waals surface area contributed by atoms with Gasteiger partial charge in [0.1, 0.15) is 0 Å². The van der Waals surface area contributed by atoms with Gasteiger partial charge in [0.2, 0.25) is 5.91 Å². The quantitative estimate of drug-likeness (QED) is 0.893. The minimum atomic E-state index is -0.668. The molecule has 0 aliphatic rings. The molecule has 0 fully saturated rings. The van der Waals surface area contributed by atoms with Crippen molar-refractivity contribution in [3.05, 3.63) is 41.7 Å². The minimum Gasteiger partial charge on any atom is -0.323 e. The van der Waals surface area contributed by atoms with Gasteiger partial charge in [-0.15, -0.1) is 0 Å². The van der Waals surface area contributed by atoms with Crippen LogP contribution in [-0.4, -0.2) is 27.8 Å². The first-order valence-corrected chi connectivity index (χ1v) is 7.18. The van der Waals surface area contributed by atoms with E-state index in [9.17, 15) is 4.79 Å². The van der Waals surface area contributed by atoms with Gasteiger partial charge in [-0.2, -0.15) is 5.10 Å². The maximum atomic E-state index is 12.4. The predicted octanol–water partition coefficient (Wildman–Crippen LogP) is 2.85. The number of benzene rings is 1. The fraction of sp³-hybridized carbons (Fsp3) is 0.333. The number of aromatic nitrogens is 2. The summed E-state index contributed by atoms with van der Waals surface area (Å²) in [5.41, 5.74) is 0.727. The van der Waals surface area contributed by atoms with E-state index in [1.165, 1.54) is 0 Å². The van der Waals surface area contributed by atoms with Gasteiger partial charge in [-0.25, -0.2) is 4.68 Å². The summed E-state index contributed by atoms with van der Waals surface area (Å²) in [7, 11) is 0. The Morgan fingerprint density at radius 1 is 1.43 bits per heavy atom. The van der Waals surface area contributed by atoms with E-state index in [1.54, 1.807) is 23.0 Å². The first-order chi connectivity index (χ1) is 9.94. The molecule has 2 rings (SSSR count). The van der Waals surface area contributed by atoms with E-state index in [-0.39, 0.29) is 5.91 Å². The molecule has 112 valence electrons. The van der Waals surface area contributed by atoms with E-state index in [0.29, 0.717) is 17.3 Å². The summed E-state index contributed by atoms with van der Waals surface area (Å²) in [5, 5.41) is 10.8. The number of amides is 1. The van der Waals surface area contributed by atoms with Gasteiger partial charge in [0.05, 0.1) is 16.9 Å². The van der Waals surface area contributed by atoms with Crippen molar-refractivity contribution < 1.29 is 4.79 Å². The third-order valence-corrected chi connectivity index (χ3v) is 3.38. The van der Waals surface area contributed by atoms with Gasteiger partial charge in [0.15, 0.2) is 0 Å². The molecule has 1 aromatic carbocycles. The lowest BCUT2D eigenvalue weighted by molar-refractivity contribution is -0.121. The van der Waals surface area contributed by atoms with E-state index in [0.717, 1.165) is 5.69 Å². The van der Waals surface area contributed by atoms with Crippen molar-refractivity contribution in [1.82, 2.24) is 15.1 Å². The lowest BCUT2D eigenvalue weighted by Crippen LogP contribution is -2.49. The first kappa shape index (κ1) is 15.5. The Morgan fingerprint density at radius 2 is 2.19 bits per heavy atom. The lowest BCUT2D eigenvalue weighted by Gasteiger charge is -2.25. The average molecular weight is 307 g/mol. The minimum absolute atomic E-state index is 0.125. The number of likely N-dealkylation sites (N-methyl/N-ethyl adjacent to an activating group) is 1. The van der Waals surface area contributed by atoms with Gasteiger partial charge >= 0.3 is 0 Å². The molecule has 0 unspecified atom stereocenters. The fourth-order valence-corrected chi connectivity index (χ4v) is 2.19. The maximum Gasteiger partial charge on any atom is 0.244 e. The molecular weight excluding hydrogens is 288 g/mol. The van der Waals surface area contributed by atoms with Gasteiger partial charge in [0.25, 0.3) is 0 Å². The normalized spacial score (nSPS) is 11.4. The second-order valence-corrected chi connectivity index (χ2v) is 5.66. The topological polar surface area (TPSA) is 59.0 Å². The molecule has 1 amide bonds. The molecule has 0 saturated heterocycles. The van der Waals surface area contributed by atoms with Crippen molar-refractivity contribution in [2.24, 2.45) is 0 Å². The summed E-state index contributed by atoms with van der Waals surface area (Å²) in [6.07, 6.45) is 3.50. The Bertz CT molecular complexity index is 623. The van der Waals surface area contributed by atoms with Crippen LogP contribution in [0.15, 0.2) is 36.7 Å². The molecule has 1 aromatic heterocycles. The van der Waals surface area contributed by atoms with Gasteiger partial charge in [-0.05, 0) is 44.7 Å². The largest absolute Gasteiger partial charge is 0.323 e. The molecule has 2 N–H and O–H groups in total. The molecule has 0 atom stereocenters. The lowest BCUT2D eigenvalue weighted by atomic mass is 10.0. The van der Waals surface area contributed by atoms with Gasteiger partial charge in [0, 0.05) is 17.4 Å². The number of rotatable bonds is 5. The second-order valence-electron chi connectivity index (χ2n) is 5.22. The van der Waals surface area contributed by atoms with Crippen molar-refractivity contribution in [3.8, 4) is 5.69 Å². The molecule has 0 aliphatic carbocycles. The molecule has 5 nitrogen and oxygen atoms in total. The summed E-state index contributed by atoms with van der Waals surface area (Å²) in [6.45, 7) is 6.35. The van der Waals surface area contributed by atoms with Crippen molar-refractivity contribution in [3.63, 3.8) is 0 Å². The standard InChI is InChI=1S/C15H19ClN4O/c1-4-17-15(2,3)14(21)19-12-10-11(16)6-7-13(12)20-9-5-8-18-20/h5-10,17H,4H2,1-3H3,(H,19,21). The van der Waals surface area contributed by atoms with E-state index < -0.39 is 5.54 Å². The van der Waals surface area contributed by atoms with Crippen LogP contribution in [0.4, 0.5) is 5.69 Å². The molecule has 0 aliphatic heterocycles. The zero-order valence-electron chi connectivity index (χ0n) is 12.4. The summed E-state index contributed by atoms with van der Waals surface area (Å²) in [5.74, 6) is -0.125. The number of nitrogens with one attached hydrogen (secondary N) is 2. The van der Waals surface area contributed by atoms with Crippen LogP contribution >= 0.6 is 11.6 Å². The van der Waals surface area contributed by atoms with Crippen molar-refractivity contribution in [2.45, 2.75) is 26.3 Å². The average Bonchev–Trinajstić information content (AvgIpc) is 2.92. The number of halogens is 1. The molecule has 0 spiro atoms. The van der Waals surface area contributed by atoms with Crippen LogP contribution in [0.3, 0.4) is 0 Å². The van der Waals surface area contributed by atoms with Crippen molar-refractivity contribution in [1.29, 1.82) is 0 Å². The van der Waals surface area contributed by atoms with E-state index >= 15 is 0 Å². The van der Waals surface area contributed by atoms with Crippen LogP contribution in [0, 0.1) is 0 Å². The molecule has 21 heavy (non-hydrogen) atoms. The summed E-state index contributed by atoms with van der Waals surface area (Å²) in [6, 6.07) is 7.14. The Kier molecular flexibility index (Phi) is 4.65. The molecule has 2 aromatic rings. The molecule has 0 saturated carbocycles. The molecule has 0 bridgehead atoms. The number of hydrogen-bond acceptors (Lipinski definition) is 3. The van der Waals surface area contributed by atoms with Gasteiger partial charge in [-0.3, -0.25) is 4.79 Å². The SMILES string of the molecule is CCNC(C)(C)C(=O)Nc1cc(Cl)ccc1-n1cccn1.